The molecule has 0 saturated carbocycles. The Balaban J connectivity index is 0.00000196. The second-order valence-electron chi connectivity index (χ2n) is 7.40. The fourth-order valence-corrected chi connectivity index (χ4v) is 3.96. The molecule has 0 amide bonds. The van der Waals surface area contributed by atoms with E-state index in [2.05, 4.69) is 47.4 Å². The largest absolute Gasteiger partial charge is 0.489 e. The van der Waals surface area contributed by atoms with Crippen LogP contribution in [0.1, 0.15) is 41.5 Å². The third kappa shape index (κ3) is 4.79. The number of likely N-dealkylation sites (tertiary alicyclic amines) is 1. The second kappa shape index (κ2) is 8.90. The van der Waals surface area contributed by atoms with E-state index in [-0.39, 0.29) is 18.5 Å². The molecule has 26 heavy (non-hydrogen) atoms. The number of aliphatic hydroxyl groups is 1. The summed E-state index contributed by atoms with van der Waals surface area (Å²) in [6.07, 6.45) is 5.34. The van der Waals surface area contributed by atoms with Crippen molar-refractivity contribution in [1.29, 1.82) is 0 Å². The van der Waals surface area contributed by atoms with Gasteiger partial charge in [-0.3, -0.25) is 4.90 Å². The molecule has 1 aliphatic carbocycles. The minimum absolute atomic E-state index is 0. The van der Waals surface area contributed by atoms with Crippen molar-refractivity contribution < 1.29 is 9.84 Å². The smallest absolute Gasteiger partial charge is 0.120 e. The molecule has 0 aromatic heterocycles. The highest BCUT2D eigenvalue weighted by Crippen LogP contribution is 2.26. The van der Waals surface area contributed by atoms with Crippen LogP contribution in [0.5, 0.6) is 5.75 Å². The molecule has 1 N–H and O–H groups in total. The number of fused-ring (bicyclic) bond motifs is 1. The number of piperidine rings is 1. The fourth-order valence-electron chi connectivity index (χ4n) is 3.96. The molecule has 1 heterocycles. The molecule has 0 unspecified atom stereocenters. The molecule has 1 aliphatic heterocycles. The normalized spacial score (nSPS) is 17.6. The van der Waals surface area contributed by atoms with Crippen LogP contribution in [-0.4, -0.2) is 29.2 Å². The molecule has 140 valence electrons. The molecule has 3 nitrogen and oxygen atoms in total. The lowest BCUT2D eigenvalue weighted by Crippen LogP contribution is -2.35. The Morgan fingerprint density at radius 3 is 2.58 bits per heavy atom. The van der Waals surface area contributed by atoms with Gasteiger partial charge in [-0.05, 0) is 66.5 Å². The van der Waals surface area contributed by atoms with Crippen LogP contribution in [0.4, 0.5) is 0 Å². The van der Waals surface area contributed by atoms with E-state index in [9.17, 15) is 5.11 Å². The minimum Gasteiger partial charge on any atom is -0.489 e. The summed E-state index contributed by atoms with van der Waals surface area (Å²) in [5.41, 5.74) is 5.49. The van der Waals surface area contributed by atoms with Crippen molar-refractivity contribution in [2.45, 2.75) is 51.4 Å². The van der Waals surface area contributed by atoms with Gasteiger partial charge in [0, 0.05) is 19.6 Å². The lowest BCUT2D eigenvalue weighted by atomic mass is 10.1. The van der Waals surface area contributed by atoms with Crippen molar-refractivity contribution >= 4 is 12.4 Å². The maximum atomic E-state index is 9.63. The SMILES string of the molecule is Cl.OC1CCN(Cc2cccc(COc3ccc4c(c3)CCC4)c2)CC1. The summed E-state index contributed by atoms with van der Waals surface area (Å²) in [5.74, 6) is 0.982. The first-order chi connectivity index (χ1) is 12.3. The number of nitrogens with zero attached hydrogens (tertiary/aromatic N) is 1. The Morgan fingerprint density at radius 1 is 0.962 bits per heavy atom. The maximum absolute atomic E-state index is 9.63. The van der Waals surface area contributed by atoms with Gasteiger partial charge in [-0.2, -0.15) is 0 Å². The number of halogens is 1. The molecular formula is C22H28ClNO2. The van der Waals surface area contributed by atoms with Crippen molar-refractivity contribution in [3.63, 3.8) is 0 Å². The lowest BCUT2D eigenvalue weighted by Gasteiger charge is -2.29. The van der Waals surface area contributed by atoms with Crippen molar-refractivity contribution in [2.24, 2.45) is 0 Å². The van der Waals surface area contributed by atoms with E-state index in [1.54, 1.807) is 0 Å². The maximum Gasteiger partial charge on any atom is 0.120 e. The van der Waals surface area contributed by atoms with E-state index in [1.807, 2.05) is 0 Å². The Labute approximate surface area is 162 Å². The highest BCUT2D eigenvalue weighted by Gasteiger charge is 2.17. The zero-order chi connectivity index (χ0) is 17.1. The molecule has 0 atom stereocenters. The first-order valence-electron chi connectivity index (χ1n) is 9.49. The zero-order valence-corrected chi connectivity index (χ0v) is 16.0. The number of rotatable bonds is 5. The van der Waals surface area contributed by atoms with Gasteiger partial charge in [-0.1, -0.05) is 30.3 Å². The van der Waals surface area contributed by atoms with Crippen LogP contribution in [0.2, 0.25) is 0 Å². The van der Waals surface area contributed by atoms with Gasteiger partial charge < -0.3 is 9.84 Å². The minimum atomic E-state index is -0.108. The van der Waals surface area contributed by atoms with Gasteiger partial charge in [-0.15, -0.1) is 12.4 Å². The molecule has 4 rings (SSSR count). The van der Waals surface area contributed by atoms with Crippen LogP contribution in [0.3, 0.4) is 0 Å². The third-order valence-corrected chi connectivity index (χ3v) is 5.43. The average molecular weight is 374 g/mol. The average Bonchev–Trinajstić information content (AvgIpc) is 3.10. The Kier molecular flexibility index (Phi) is 6.58. The molecule has 0 spiro atoms. The predicted octanol–water partition coefficient (Wildman–Crippen LogP) is 4.13. The molecule has 0 bridgehead atoms. The molecule has 0 radical (unpaired) electrons. The molecular weight excluding hydrogens is 346 g/mol. The van der Waals surface area contributed by atoms with Crippen LogP contribution >= 0.6 is 12.4 Å². The van der Waals surface area contributed by atoms with Crippen LogP contribution in [-0.2, 0) is 26.0 Å². The quantitative estimate of drug-likeness (QED) is 0.855. The standard InChI is InChI=1S/C22H27NO2.ClH/c24-21-9-11-23(12-10-21)15-17-3-1-4-18(13-17)16-25-22-8-7-19-5-2-6-20(19)14-22;/h1,3-4,7-8,13-14,21,24H,2,5-6,9-12,15-16H2;1H. The van der Waals surface area contributed by atoms with Gasteiger partial charge in [0.15, 0.2) is 0 Å². The topological polar surface area (TPSA) is 32.7 Å². The van der Waals surface area contributed by atoms with Crippen LogP contribution in [0.15, 0.2) is 42.5 Å². The lowest BCUT2D eigenvalue weighted by molar-refractivity contribution is 0.0792. The van der Waals surface area contributed by atoms with Gasteiger partial charge in [0.1, 0.15) is 12.4 Å². The van der Waals surface area contributed by atoms with Crippen molar-refractivity contribution in [2.75, 3.05) is 13.1 Å². The first kappa shape index (κ1) is 19.2. The van der Waals surface area contributed by atoms with E-state index >= 15 is 0 Å². The molecule has 2 aromatic carbocycles. The Bertz CT molecular complexity index is 726. The van der Waals surface area contributed by atoms with E-state index in [0.29, 0.717) is 6.61 Å². The van der Waals surface area contributed by atoms with Gasteiger partial charge in [-0.25, -0.2) is 0 Å². The van der Waals surface area contributed by atoms with Gasteiger partial charge in [0.05, 0.1) is 6.10 Å². The van der Waals surface area contributed by atoms with E-state index in [4.69, 9.17) is 4.74 Å². The predicted molar refractivity (Wildman–Crippen MR) is 107 cm³/mol. The van der Waals surface area contributed by atoms with Crippen LogP contribution in [0, 0.1) is 0 Å². The summed E-state index contributed by atoms with van der Waals surface area (Å²) in [5, 5.41) is 9.63. The molecule has 1 saturated heterocycles. The second-order valence-corrected chi connectivity index (χ2v) is 7.40. The molecule has 4 heteroatoms. The van der Waals surface area contributed by atoms with Crippen molar-refractivity contribution in [3.05, 3.63) is 64.7 Å². The molecule has 1 fully saturated rings. The highest BCUT2D eigenvalue weighted by molar-refractivity contribution is 5.85. The van der Waals surface area contributed by atoms with E-state index < -0.39 is 0 Å². The van der Waals surface area contributed by atoms with Gasteiger partial charge in [0.2, 0.25) is 0 Å². The summed E-state index contributed by atoms with van der Waals surface area (Å²) in [6.45, 7) is 3.54. The fraction of sp³-hybridized carbons (Fsp3) is 0.455. The van der Waals surface area contributed by atoms with Crippen molar-refractivity contribution in [1.82, 2.24) is 4.90 Å². The monoisotopic (exact) mass is 373 g/mol. The number of ether oxygens (including phenoxy) is 1. The summed E-state index contributed by atoms with van der Waals surface area (Å²) in [7, 11) is 0. The Hall–Kier alpha value is -1.55. The summed E-state index contributed by atoms with van der Waals surface area (Å²) in [4.78, 5) is 2.42. The number of hydrogen-bond donors (Lipinski definition) is 1. The number of benzene rings is 2. The Morgan fingerprint density at radius 2 is 1.73 bits per heavy atom. The van der Waals surface area contributed by atoms with Gasteiger partial charge >= 0.3 is 0 Å². The molecule has 2 aliphatic rings. The van der Waals surface area contributed by atoms with E-state index in [0.717, 1.165) is 38.2 Å². The van der Waals surface area contributed by atoms with Crippen LogP contribution < -0.4 is 4.74 Å². The summed E-state index contributed by atoms with van der Waals surface area (Å²) < 4.78 is 6.03. The number of aliphatic hydroxyl groups excluding tert-OH is 1. The number of aryl methyl sites for hydroxylation is 2. The molecule has 2 aromatic rings. The van der Waals surface area contributed by atoms with Crippen molar-refractivity contribution in [3.8, 4) is 5.75 Å². The summed E-state index contributed by atoms with van der Waals surface area (Å²) in [6, 6.07) is 15.2. The van der Waals surface area contributed by atoms with Gasteiger partial charge in [0.25, 0.3) is 0 Å². The third-order valence-electron chi connectivity index (χ3n) is 5.43. The first-order valence-corrected chi connectivity index (χ1v) is 9.49. The summed E-state index contributed by atoms with van der Waals surface area (Å²) >= 11 is 0. The van der Waals surface area contributed by atoms with E-state index in [1.165, 1.54) is 41.5 Å². The highest BCUT2D eigenvalue weighted by atomic mass is 35.5. The number of hydrogen-bond acceptors (Lipinski definition) is 3. The van der Waals surface area contributed by atoms with Crippen LogP contribution in [0.25, 0.3) is 0 Å². The zero-order valence-electron chi connectivity index (χ0n) is 15.2.